The predicted molar refractivity (Wildman–Crippen MR) is 59.0 cm³/mol. The number of rotatable bonds is 2. The highest BCUT2D eigenvalue weighted by Gasteiger charge is 2.23. The van der Waals surface area contributed by atoms with Gasteiger partial charge in [-0.3, -0.25) is 4.79 Å². The van der Waals surface area contributed by atoms with Crippen molar-refractivity contribution in [2.75, 3.05) is 13.2 Å². The Morgan fingerprint density at radius 1 is 1.44 bits per heavy atom. The van der Waals surface area contributed by atoms with E-state index in [4.69, 9.17) is 4.74 Å². The van der Waals surface area contributed by atoms with Crippen LogP contribution >= 0.6 is 0 Å². The monoisotopic (exact) mass is 222 g/mol. The van der Waals surface area contributed by atoms with E-state index in [2.05, 4.69) is 0 Å². The predicted octanol–water partition coefficient (Wildman–Crippen LogP) is 2.74. The lowest BCUT2D eigenvalue weighted by Gasteiger charge is -2.20. The third-order valence-electron chi connectivity index (χ3n) is 2.86. The van der Waals surface area contributed by atoms with Crippen LogP contribution in [0.15, 0.2) is 18.2 Å². The van der Waals surface area contributed by atoms with Crippen molar-refractivity contribution in [1.29, 1.82) is 0 Å². The Hall–Kier alpha value is -1.22. The highest BCUT2D eigenvalue weighted by atomic mass is 19.1. The molecule has 1 unspecified atom stereocenters. The van der Waals surface area contributed by atoms with E-state index >= 15 is 0 Å². The molecule has 1 aromatic rings. The van der Waals surface area contributed by atoms with E-state index < -0.39 is 0 Å². The van der Waals surface area contributed by atoms with Crippen molar-refractivity contribution in [2.45, 2.75) is 19.8 Å². The number of carbonyl (C=O) groups excluding carboxylic acids is 1. The summed E-state index contributed by atoms with van der Waals surface area (Å²) >= 11 is 0. The average Bonchev–Trinajstić information content (AvgIpc) is 2.28. The van der Waals surface area contributed by atoms with Crippen molar-refractivity contribution in [1.82, 2.24) is 0 Å². The molecule has 2 nitrogen and oxygen atoms in total. The van der Waals surface area contributed by atoms with Gasteiger partial charge >= 0.3 is 0 Å². The van der Waals surface area contributed by atoms with Crippen LogP contribution in [0, 0.1) is 18.7 Å². The summed E-state index contributed by atoms with van der Waals surface area (Å²) in [5, 5.41) is 0. The minimum atomic E-state index is -0.347. The molecule has 16 heavy (non-hydrogen) atoms. The van der Waals surface area contributed by atoms with Crippen LogP contribution in [-0.4, -0.2) is 19.0 Å². The molecule has 1 aliphatic rings. The fraction of sp³-hybridized carbons (Fsp3) is 0.462. The van der Waals surface area contributed by atoms with E-state index in [1.54, 1.807) is 13.0 Å². The summed E-state index contributed by atoms with van der Waals surface area (Å²) in [6, 6.07) is 4.47. The number of ketones is 1. The number of hydrogen-bond acceptors (Lipinski definition) is 2. The lowest BCUT2D eigenvalue weighted by molar-refractivity contribution is 0.0461. The van der Waals surface area contributed by atoms with E-state index in [0.29, 0.717) is 12.2 Å². The number of Topliss-reactive ketones (excluding diaryl/α,β-unsaturated/α-hetero) is 1. The van der Waals surface area contributed by atoms with E-state index in [9.17, 15) is 9.18 Å². The number of carbonyl (C=O) groups is 1. The highest BCUT2D eigenvalue weighted by Crippen LogP contribution is 2.20. The molecule has 0 N–H and O–H groups in total. The molecule has 0 spiro atoms. The summed E-state index contributed by atoms with van der Waals surface area (Å²) in [4.78, 5) is 12.1. The molecule has 0 aliphatic carbocycles. The zero-order chi connectivity index (χ0) is 11.5. The smallest absolute Gasteiger partial charge is 0.168 e. The second kappa shape index (κ2) is 4.74. The molecule has 1 fully saturated rings. The van der Waals surface area contributed by atoms with E-state index in [1.165, 1.54) is 12.1 Å². The van der Waals surface area contributed by atoms with Crippen LogP contribution in [0.1, 0.15) is 28.8 Å². The molecule has 0 bridgehead atoms. The van der Waals surface area contributed by atoms with Crippen molar-refractivity contribution < 1.29 is 13.9 Å². The minimum Gasteiger partial charge on any atom is -0.381 e. The standard InChI is InChI=1S/C13H15FO2/c1-9-5-11(7-12(14)6-9)13(15)10-3-2-4-16-8-10/h5-7,10H,2-4,8H2,1H3. The Bertz CT molecular complexity index is 375. The van der Waals surface area contributed by atoms with Gasteiger partial charge in [-0.2, -0.15) is 0 Å². The molecular formula is C13H15FO2. The van der Waals surface area contributed by atoms with E-state index in [-0.39, 0.29) is 17.5 Å². The van der Waals surface area contributed by atoms with Gasteiger partial charge in [-0.1, -0.05) is 0 Å². The fourth-order valence-electron chi connectivity index (χ4n) is 2.06. The quantitative estimate of drug-likeness (QED) is 0.719. The number of aryl methyl sites for hydroxylation is 1. The zero-order valence-electron chi connectivity index (χ0n) is 9.33. The maximum atomic E-state index is 13.2. The van der Waals surface area contributed by atoms with Crippen LogP contribution in [0.25, 0.3) is 0 Å². The van der Waals surface area contributed by atoms with Gasteiger partial charge in [0.05, 0.1) is 6.61 Å². The summed E-state index contributed by atoms with van der Waals surface area (Å²) < 4.78 is 18.4. The van der Waals surface area contributed by atoms with Gasteiger partial charge in [-0.25, -0.2) is 4.39 Å². The van der Waals surface area contributed by atoms with Gasteiger partial charge in [0.25, 0.3) is 0 Å². The molecule has 1 heterocycles. The van der Waals surface area contributed by atoms with Crippen molar-refractivity contribution in [3.63, 3.8) is 0 Å². The first-order valence-electron chi connectivity index (χ1n) is 5.56. The van der Waals surface area contributed by atoms with Gasteiger partial charge in [-0.15, -0.1) is 0 Å². The van der Waals surface area contributed by atoms with Crippen LogP contribution in [-0.2, 0) is 4.74 Å². The fourth-order valence-corrected chi connectivity index (χ4v) is 2.06. The van der Waals surface area contributed by atoms with Gasteiger partial charge < -0.3 is 4.74 Å². The third kappa shape index (κ3) is 2.47. The molecular weight excluding hydrogens is 207 g/mol. The lowest BCUT2D eigenvalue weighted by atomic mass is 9.92. The molecule has 86 valence electrons. The van der Waals surface area contributed by atoms with Gasteiger partial charge in [0.15, 0.2) is 5.78 Å². The highest BCUT2D eigenvalue weighted by molar-refractivity contribution is 5.98. The van der Waals surface area contributed by atoms with Crippen LogP contribution in [0.2, 0.25) is 0 Å². The van der Waals surface area contributed by atoms with Crippen LogP contribution < -0.4 is 0 Å². The zero-order valence-corrected chi connectivity index (χ0v) is 9.33. The summed E-state index contributed by atoms with van der Waals surface area (Å²) in [5.41, 5.74) is 1.24. The van der Waals surface area contributed by atoms with Crippen molar-refractivity contribution in [2.24, 2.45) is 5.92 Å². The Morgan fingerprint density at radius 3 is 2.88 bits per heavy atom. The van der Waals surface area contributed by atoms with Crippen LogP contribution in [0.5, 0.6) is 0 Å². The van der Waals surface area contributed by atoms with Crippen molar-refractivity contribution in [3.8, 4) is 0 Å². The maximum Gasteiger partial charge on any atom is 0.168 e. The SMILES string of the molecule is Cc1cc(F)cc(C(=O)C2CCCOC2)c1. The second-order valence-corrected chi connectivity index (χ2v) is 4.30. The Labute approximate surface area is 94.4 Å². The largest absolute Gasteiger partial charge is 0.381 e. The summed E-state index contributed by atoms with van der Waals surface area (Å²) in [7, 11) is 0. The second-order valence-electron chi connectivity index (χ2n) is 4.30. The third-order valence-corrected chi connectivity index (χ3v) is 2.86. The van der Waals surface area contributed by atoms with Crippen LogP contribution in [0.3, 0.4) is 0 Å². The minimum absolute atomic E-state index is 0.00213. The number of hydrogen-bond donors (Lipinski definition) is 0. The summed E-state index contributed by atoms with van der Waals surface area (Å²) in [6.45, 7) is 2.98. The Balaban J connectivity index is 2.19. The number of halogens is 1. The van der Waals surface area contributed by atoms with Gasteiger partial charge in [0.1, 0.15) is 5.82 Å². The molecule has 3 heteroatoms. The molecule has 2 rings (SSSR count). The molecule has 1 aliphatic heterocycles. The average molecular weight is 222 g/mol. The molecule has 0 aromatic heterocycles. The van der Waals surface area contributed by atoms with E-state index in [0.717, 1.165) is 25.0 Å². The Kier molecular flexibility index (Phi) is 3.34. The van der Waals surface area contributed by atoms with Gasteiger partial charge in [-0.05, 0) is 43.5 Å². The first-order chi connectivity index (χ1) is 7.66. The normalized spacial score (nSPS) is 20.8. The van der Waals surface area contributed by atoms with Crippen LogP contribution in [0.4, 0.5) is 4.39 Å². The lowest BCUT2D eigenvalue weighted by Crippen LogP contribution is -2.25. The summed E-state index contributed by atoms with van der Waals surface area (Å²) in [5.74, 6) is -0.447. The molecule has 0 saturated carbocycles. The topological polar surface area (TPSA) is 26.3 Å². The first-order valence-corrected chi connectivity index (χ1v) is 5.56. The molecule has 1 aromatic carbocycles. The Morgan fingerprint density at radius 2 is 2.25 bits per heavy atom. The van der Waals surface area contributed by atoms with Gasteiger partial charge in [0, 0.05) is 18.1 Å². The number of ether oxygens (including phenoxy) is 1. The van der Waals surface area contributed by atoms with E-state index in [1.807, 2.05) is 0 Å². The molecule has 0 amide bonds. The molecule has 1 atom stereocenters. The molecule has 1 saturated heterocycles. The number of benzene rings is 1. The van der Waals surface area contributed by atoms with Crippen molar-refractivity contribution in [3.05, 3.63) is 35.1 Å². The van der Waals surface area contributed by atoms with Crippen molar-refractivity contribution >= 4 is 5.78 Å². The summed E-state index contributed by atoms with van der Waals surface area (Å²) in [6.07, 6.45) is 1.75. The maximum absolute atomic E-state index is 13.2. The first kappa shape index (κ1) is 11.3. The molecule has 0 radical (unpaired) electrons. The van der Waals surface area contributed by atoms with Gasteiger partial charge in [0.2, 0.25) is 0 Å².